The van der Waals surface area contributed by atoms with Gasteiger partial charge in [0.15, 0.2) is 5.96 Å². The Balaban J connectivity index is 0.00000312. The van der Waals surface area contributed by atoms with Crippen LogP contribution in [-0.2, 0) is 4.79 Å². The van der Waals surface area contributed by atoms with Crippen molar-refractivity contribution < 1.29 is 9.59 Å². The number of urea groups is 1. The molecule has 1 unspecified atom stereocenters. The molecule has 1 atom stereocenters. The van der Waals surface area contributed by atoms with Crippen molar-refractivity contribution in [2.24, 2.45) is 4.99 Å². The van der Waals surface area contributed by atoms with Crippen molar-refractivity contribution in [2.45, 2.75) is 51.2 Å². The highest BCUT2D eigenvalue weighted by Crippen LogP contribution is 2.18. The van der Waals surface area contributed by atoms with Crippen LogP contribution < -0.4 is 16.0 Å². The summed E-state index contributed by atoms with van der Waals surface area (Å²) in [5, 5.41) is 9.28. The summed E-state index contributed by atoms with van der Waals surface area (Å²) in [5.41, 5.74) is 0. The van der Waals surface area contributed by atoms with Crippen molar-refractivity contribution in [2.75, 3.05) is 33.7 Å². The predicted molar refractivity (Wildman–Crippen MR) is 109 cm³/mol. The number of guanidine groups is 1. The summed E-state index contributed by atoms with van der Waals surface area (Å²) in [7, 11) is 3.45. The summed E-state index contributed by atoms with van der Waals surface area (Å²) in [4.78, 5) is 31.7. The van der Waals surface area contributed by atoms with Gasteiger partial charge >= 0.3 is 6.03 Å². The lowest BCUT2D eigenvalue weighted by molar-refractivity contribution is -0.127. The molecule has 0 aromatic rings. The molecule has 0 aromatic carbocycles. The Morgan fingerprint density at radius 1 is 1.16 bits per heavy atom. The summed E-state index contributed by atoms with van der Waals surface area (Å²) in [5.74, 6) is 0.697. The molecule has 144 valence electrons. The first kappa shape index (κ1) is 21.8. The minimum absolute atomic E-state index is 0. The average molecular weight is 466 g/mol. The Kier molecular flexibility index (Phi) is 8.74. The fraction of sp³-hybridized carbons (Fsp3) is 0.812. The largest absolute Gasteiger partial charge is 0.354 e. The standard InChI is InChI=1S/C16H30N6O2.HI/c1-11(2)18-15(17-9-14(23)21(3)4)22-8-7-13(10-22)20-16(24)19-12-5-6-12;/h11-13H,5-10H2,1-4H3,(H,17,18)(H2,19,20,24);1H. The van der Waals surface area contributed by atoms with E-state index >= 15 is 0 Å². The highest BCUT2D eigenvalue weighted by Gasteiger charge is 2.29. The number of hydrogen-bond donors (Lipinski definition) is 3. The number of halogens is 1. The molecule has 1 saturated carbocycles. The van der Waals surface area contributed by atoms with E-state index in [1.807, 2.05) is 13.8 Å². The molecule has 9 heteroatoms. The summed E-state index contributed by atoms with van der Waals surface area (Å²) in [6, 6.07) is 0.609. The number of likely N-dealkylation sites (tertiary alicyclic amines) is 1. The smallest absolute Gasteiger partial charge is 0.315 e. The number of amides is 3. The van der Waals surface area contributed by atoms with Crippen molar-refractivity contribution in [1.82, 2.24) is 25.8 Å². The van der Waals surface area contributed by atoms with Gasteiger partial charge in [0.2, 0.25) is 5.91 Å². The highest BCUT2D eigenvalue weighted by atomic mass is 127. The first-order valence-corrected chi connectivity index (χ1v) is 8.68. The Morgan fingerprint density at radius 3 is 2.36 bits per heavy atom. The van der Waals surface area contributed by atoms with Gasteiger partial charge in [-0.15, -0.1) is 24.0 Å². The Morgan fingerprint density at radius 2 is 1.80 bits per heavy atom. The second-order valence-electron chi connectivity index (χ2n) is 7.05. The van der Waals surface area contributed by atoms with Crippen LogP contribution in [0, 0.1) is 0 Å². The number of nitrogens with zero attached hydrogens (tertiary/aromatic N) is 3. The minimum atomic E-state index is -0.0811. The third kappa shape index (κ3) is 7.66. The van der Waals surface area contributed by atoms with Crippen LogP contribution in [0.2, 0.25) is 0 Å². The zero-order chi connectivity index (χ0) is 17.7. The number of carbonyl (C=O) groups excluding carboxylic acids is 2. The molecular formula is C16H31IN6O2. The van der Waals surface area contributed by atoms with Crippen molar-refractivity contribution in [3.63, 3.8) is 0 Å². The third-order valence-electron chi connectivity index (χ3n) is 4.02. The molecule has 25 heavy (non-hydrogen) atoms. The van der Waals surface area contributed by atoms with Gasteiger partial charge in [-0.05, 0) is 33.1 Å². The van der Waals surface area contributed by atoms with Crippen LogP contribution in [0.25, 0.3) is 0 Å². The van der Waals surface area contributed by atoms with Gasteiger partial charge < -0.3 is 25.8 Å². The quantitative estimate of drug-likeness (QED) is 0.314. The summed E-state index contributed by atoms with van der Waals surface area (Å²) in [6.07, 6.45) is 3.04. The molecule has 2 rings (SSSR count). The zero-order valence-corrected chi connectivity index (χ0v) is 17.9. The van der Waals surface area contributed by atoms with E-state index in [1.54, 1.807) is 14.1 Å². The first-order valence-electron chi connectivity index (χ1n) is 8.68. The van der Waals surface area contributed by atoms with Gasteiger partial charge in [0.05, 0.1) is 0 Å². The number of nitrogens with one attached hydrogen (secondary N) is 3. The van der Waals surface area contributed by atoms with Gasteiger partial charge in [-0.25, -0.2) is 9.79 Å². The SMILES string of the molecule is CC(C)NC(=NCC(=O)N(C)C)N1CCC(NC(=O)NC2CC2)C1.I. The molecule has 0 bridgehead atoms. The van der Waals surface area contributed by atoms with E-state index in [9.17, 15) is 9.59 Å². The third-order valence-corrected chi connectivity index (χ3v) is 4.02. The molecule has 0 radical (unpaired) electrons. The van der Waals surface area contributed by atoms with Gasteiger partial charge in [0.25, 0.3) is 0 Å². The molecule has 1 saturated heterocycles. The van der Waals surface area contributed by atoms with Gasteiger partial charge in [-0.1, -0.05) is 0 Å². The zero-order valence-electron chi connectivity index (χ0n) is 15.5. The minimum Gasteiger partial charge on any atom is -0.354 e. The van der Waals surface area contributed by atoms with E-state index in [0.717, 1.165) is 31.8 Å². The number of carbonyl (C=O) groups is 2. The van der Waals surface area contributed by atoms with Crippen LogP contribution >= 0.6 is 24.0 Å². The van der Waals surface area contributed by atoms with Crippen LogP contribution in [-0.4, -0.2) is 79.6 Å². The normalized spacial score (nSPS) is 20.1. The van der Waals surface area contributed by atoms with Crippen molar-refractivity contribution in [1.29, 1.82) is 0 Å². The number of aliphatic imine (C=N–C) groups is 1. The second-order valence-corrected chi connectivity index (χ2v) is 7.05. The lowest BCUT2D eigenvalue weighted by atomic mass is 10.3. The van der Waals surface area contributed by atoms with Gasteiger partial charge in [-0.3, -0.25) is 4.79 Å². The monoisotopic (exact) mass is 466 g/mol. The summed E-state index contributed by atoms with van der Waals surface area (Å²) < 4.78 is 0. The lowest BCUT2D eigenvalue weighted by Gasteiger charge is -2.24. The van der Waals surface area contributed by atoms with Crippen molar-refractivity contribution in [3.8, 4) is 0 Å². The maximum absolute atomic E-state index is 11.9. The van der Waals surface area contributed by atoms with Crippen LogP contribution in [0.3, 0.4) is 0 Å². The summed E-state index contributed by atoms with van der Waals surface area (Å²) in [6.45, 7) is 5.71. The summed E-state index contributed by atoms with van der Waals surface area (Å²) >= 11 is 0. The van der Waals surface area contributed by atoms with Gasteiger partial charge in [0.1, 0.15) is 6.54 Å². The fourth-order valence-corrected chi connectivity index (χ4v) is 2.49. The molecule has 1 aliphatic heterocycles. The Labute approximate surface area is 167 Å². The highest BCUT2D eigenvalue weighted by molar-refractivity contribution is 14.0. The van der Waals surface area contributed by atoms with Crippen LogP contribution in [0.1, 0.15) is 33.1 Å². The molecule has 3 N–H and O–H groups in total. The maximum Gasteiger partial charge on any atom is 0.315 e. The molecule has 1 aliphatic carbocycles. The Hall–Kier alpha value is -1.26. The van der Waals surface area contributed by atoms with E-state index in [4.69, 9.17) is 0 Å². The number of rotatable bonds is 5. The van der Waals surface area contributed by atoms with Crippen molar-refractivity contribution in [3.05, 3.63) is 0 Å². The van der Waals surface area contributed by atoms with Crippen LogP contribution in [0.15, 0.2) is 4.99 Å². The lowest BCUT2D eigenvalue weighted by Crippen LogP contribution is -2.47. The first-order chi connectivity index (χ1) is 11.3. The van der Waals surface area contributed by atoms with E-state index in [0.29, 0.717) is 12.6 Å². The van der Waals surface area contributed by atoms with E-state index in [2.05, 4.69) is 25.8 Å². The second kappa shape index (κ2) is 10.0. The van der Waals surface area contributed by atoms with Crippen LogP contribution in [0.4, 0.5) is 4.79 Å². The van der Waals surface area contributed by atoms with E-state index in [1.165, 1.54) is 4.90 Å². The van der Waals surface area contributed by atoms with Gasteiger partial charge in [0, 0.05) is 45.3 Å². The van der Waals surface area contributed by atoms with E-state index in [-0.39, 0.29) is 54.5 Å². The van der Waals surface area contributed by atoms with Gasteiger partial charge in [-0.2, -0.15) is 0 Å². The fourth-order valence-electron chi connectivity index (χ4n) is 2.49. The molecule has 0 aromatic heterocycles. The number of likely N-dealkylation sites (N-methyl/N-ethyl adjacent to an activating group) is 1. The topological polar surface area (TPSA) is 89.1 Å². The van der Waals surface area contributed by atoms with E-state index < -0.39 is 0 Å². The molecule has 0 spiro atoms. The average Bonchev–Trinajstić information content (AvgIpc) is 3.18. The Bertz CT molecular complexity index is 493. The molecule has 1 heterocycles. The molecular weight excluding hydrogens is 435 g/mol. The molecule has 2 fully saturated rings. The van der Waals surface area contributed by atoms with Crippen LogP contribution in [0.5, 0.6) is 0 Å². The predicted octanol–water partition coefficient (Wildman–Crippen LogP) is 0.583. The van der Waals surface area contributed by atoms with Crippen molar-refractivity contribution >= 4 is 41.9 Å². The molecule has 8 nitrogen and oxygen atoms in total. The maximum atomic E-state index is 11.9. The molecule has 3 amide bonds. The number of hydrogen-bond acceptors (Lipinski definition) is 3. The molecule has 2 aliphatic rings.